The molecule has 1 aliphatic rings. The van der Waals surface area contributed by atoms with E-state index in [1.54, 1.807) is 24.3 Å². The lowest BCUT2D eigenvalue weighted by Gasteiger charge is -2.34. The smallest absolute Gasteiger partial charge is 0.366 e. The molecule has 2 aromatic rings. The molecule has 0 bridgehead atoms. The van der Waals surface area contributed by atoms with Crippen LogP contribution in [0.4, 0.5) is 13.2 Å². The Hall–Kier alpha value is -2.55. The molecule has 0 unspecified atom stereocenters. The first-order valence-corrected chi connectivity index (χ1v) is 7.61. The topological polar surface area (TPSA) is 77.6 Å². The number of benzene rings is 1. The zero-order valence-electron chi connectivity index (χ0n) is 13.1. The van der Waals surface area contributed by atoms with Gasteiger partial charge in [0.1, 0.15) is 6.54 Å². The van der Waals surface area contributed by atoms with Crippen molar-refractivity contribution >= 4 is 22.7 Å². The third-order valence-electron chi connectivity index (χ3n) is 4.14. The van der Waals surface area contributed by atoms with Gasteiger partial charge in [-0.15, -0.1) is 0 Å². The van der Waals surface area contributed by atoms with Crippen LogP contribution in [-0.2, 0) is 16.1 Å². The number of ether oxygens (including phenoxy) is 1. The number of carbonyl (C=O) groups is 2. The quantitative estimate of drug-likeness (QED) is 0.907. The Morgan fingerprint density at radius 3 is 2.68 bits per heavy atom. The number of rotatable bonds is 3. The van der Waals surface area contributed by atoms with Crippen LogP contribution in [0.3, 0.4) is 0 Å². The van der Waals surface area contributed by atoms with Crippen molar-refractivity contribution in [3.05, 3.63) is 36.0 Å². The van der Waals surface area contributed by atoms with E-state index in [1.807, 2.05) is 0 Å². The van der Waals surface area contributed by atoms with Crippen LogP contribution in [-0.4, -0.2) is 53.3 Å². The zero-order valence-corrected chi connectivity index (χ0v) is 13.1. The largest absolute Gasteiger partial charge is 0.416 e. The molecule has 1 aromatic heterocycles. The molecule has 1 aromatic carbocycles. The van der Waals surface area contributed by atoms with Crippen LogP contribution in [0.15, 0.2) is 30.5 Å². The van der Waals surface area contributed by atoms with E-state index in [9.17, 15) is 22.8 Å². The maximum atomic E-state index is 12.8. The first kappa shape index (κ1) is 17.3. The predicted octanol–water partition coefficient (Wildman–Crippen LogP) is 1.53. The second-order valence-corrected chi connectivity index (χ2v) is 5.79. The van der Waals surface area contributed by atoms with E-state index in [4.69, 9.17) is 10.5 Å². The molecule has 1 saturated heterocycles. The summed E-state index contributed by atoms with van der Waals surface area (Å²) in [4.78, 5) is 25.1. The first-order chi connectivity index (χ1) is 11.8. The monoisotopic (exact) mass is 355 g/mol. The molecular formula is C16H16F3N3O3. The van der Waals surface area contributed by atoms with Crippen LogP contribution >= 0.6 is 0 Å². The minimum absolute atomic E-state index is 0.0906. The third kappa shape index (κ3) is 3.46. The molecule has 134 valence electrons. The van der Waals surface area contributed by atoms with E-state index in [0.717, 1.165) is 4.90 Å². The fourth-order valence-electron chi connectivity index (χ4n) is 2.89. The number of nitrogens with two attached hydrogens (primary N) is 1. The lowest BCUT2D eigenvalue weighted by molar-refractivity contribution is -0.236. The molecule has 1 aliphatic heterocycles. The number of carbonyl (C=O) groups excluding carboxylic acids is 2. The highest BCUT2D eigenvalue weighted by atomic mass is 19.4. The summed E-state index contributed by atoms with van der Waals surface area (Å²) in [6.45, 7) is -0.801. The van der Waals surface area contributed by atoms with Gasteiger partial charge in [-0.3, -0.25) is 9.59 Å². The van der Waals surface area contributed by atoms with Crippen molar-refractivity contribution in [1.29, 1.82) is 0 Å². The number of primary amides is 1. The molecule has 1 fully saturated rings. The minimum Gasteiger partial charge on any atom is -0.366 e. The molecule has 2 N–H and O–H groups in total. The van der Waals surface area contributed by atoms with Crippen molar-refractivity contribution in [2.75, 3.05) is 19.7 Å². The summed E-state index contributed by atoms with van der Waals surface area (Å²) < 4.78 is 44.6. The lowest BCUT2D eigenvalue weighted by atomic mass is 10.2. The summed E-state index contributed by atoms with van der Waals surface area (Å²) in [5.74, 6) is -1.11. The van der Waals surface area contributed by atoms with Gasteiger partial charge in [-0.25, -0.2) is 0 Å². The fourth-order valence-corrected chi connectivity index (χ4v) is 2.89. The molecule has 3 rings (SSSR count). The number of alkyl halides is 3. The normalized spacial score (nSPS) is 18.5. The molecule has 2 amide bonds. The number of fused-ring (bicyclic) bond motifs is 1. The molecule has 1 atom stereocenters. The van der Waals surface area contributed by atoms with E-state index in [-0.39, 0.29) is 25.3 Å². The second kappa shape index (κ2) is 6.40. The number of nitrogens with zero attached hydrogens (tertiary/aromatic N) is 2. The van der Waals surface area contributed by atoms with Crippen LogP contribution in [0.5, 0.6) is 0 Å². The van der Waals surface area contributed by atoms with Gasteiger partial charge in [0.05, 0.1) is 18.7 Å². The predicted molar refractivity (Wildman–Crippen MR) is 82.8 cm³/mol. The molecular weight excluding hydrogens is 339 g/mol. The van der Waals surface area contributed by atoms with Crippen molar-refractivity contribution in [2.45, 2.75) is 18.8 Å². The summed E-state index contributed by atoms with van der Waals surface area (Å²) >= 11 is 0. The van der Waals surface area contributed by atoms with Gasteiger partial charge in [0.2, 0.25) is 5.91 Å². The average Bonchev–Trinajstić information content (AvgIpc) is 2.93. The fraction of sp³-hybridized carbons (Fsp3) is 0.375. The van der Waals surface area contributed by atoms with Gasteiger partial charge >= 0.3 is 6.18 Å². The molecule has 9 heteroatoms. The third-order valence-corrected chi connectivity index (χ3v) is 4.14. The van der Waals surface area contributed by atoms with Crippen molar-refractivity contribution in [2.24, 2.45) is 5.73 Å². The SMILES string of the molecule is NC(=O)c1cn(CC(=O)N2CCO[C@H](C(F)(F)F)C2)c2ccccc12. The zero-order chi connectivity index (χ0) is 18.2. The van der Waals surface area contributed by atoms with Crippen molar-refractivity contribution in [3.8, 4) is 0 Å². The number of aromatic nitrogens is 1. The molecule has 25 heavy (non-hydrogen) atoms. The Morgan fingerprint density at radius 2 is 2.00 bits per heavy atom. The van der Waals surface area contributed by atoms with Crippen LogP contribution in [0.2, 0.25) is 0 Å². The summed E-state index contributed by atoms with van der Waals surface area (Å²) in [6.07, 6.45) is -5.04. The number of amides is 2. The minimum atomic E-state index is -4.52. The summed E-state index contributed by atoms with van der Waals surface area (Å²) in [6, 6.07) is 6.89. The van der Waals surface area contributed by atoms with E-state index in [0.29, 0.717) is 10.9 Å². The highest BCUT2D eigenvalue weighted by molar-refractivity contribution is 6.06. The van der Waals surface area contributed by atoms with Crippen molar-refractivity contribution in [1.82, 2.24) is 9.47 Å². The van der Waals surface area contributed by atoms with Gasteiger partial charge in [-0.2, -0.15) is 13.2 Å². The lowest BCUT2D eigenvalue weighted by Crippen LogP contribution is -2.51. The van der Waals surface area contributed by atoms with E-state index in [1.165, 1.54) is 10.8 Å². The van der Waals surface area contributed by atoms with Gasteiger partial charge in [0.15, 0.2) is 6.10 Å². The summed E-state index contributed by atoms with van der Waals surface area (Å²) in [5, 5.41) is 0.595. The van der Waals surface area contributed by atoms with E-state index < -0.39 is 30.6 Å². The van der Waals surface area contributed by atoms with E-state index in [2.05, 4.69) is 0 Å². The van der Waals surface area contributed by atoms with Gasteiger partial charge in [-0.1, -0.05) is 18.2 Å². The van der Waals surface area contributed by atoms with Gasteiger partial charge < -0.3 is 19.9 Å². The molecule has 0 aliphatic carbocycles. The van der Waals surface area contributed by atoms with Crippen LogP contribution < -0.4 is 5.73 Å². The molecule has 6 nitrogen and oxygen atoms in total. The Labute approximate surface area is 140 Å². The molecule has 0 saturated carbocycles. The van der Waals surface area contributed by atoms with Crippen LogP contribution in [0.1, 0.15) is 10.4 Å². The van der Waals surface area contributed by atoms with Gasteiger partial charge in [0.25, 0.3) is 5.91 Å². The van der Waals surface area contributed by atoms with Crippen LogP contribution in [0.25, 0.3) is 10.9 Å². The standard InChI is InChI=1S/C16H16F3N3O3/c17-16(18,19)13-8-21(5-6-25-13)14(23)9-22-7-11(15(20)24)10-3-1-2-4-12(10)22/h1-4,7,13H,5-6,8-9H2,(H2,20,24)/t13-/m0/s1. The highest BCUT2D eigenvalue weighted by Gasteiger charge is 2.44. The second-order valence-electron chi connectivity index (χ2n) is 5.79. The Bertz CT molecular complexity index is 816. The van der Waals surface area contributed by atoms with Crippen LogP contribution in [0, 0.1) is 0 Å². The molecule has 2 heterocycles. The Kier molecular flexibility index (Phi) is 4.42. The summed E-state index contributed by atoms with van der Waals surface area (Å²) in [7, 11) is 0. The van der Waals surface area contributed by atoms with Crippen molar-refractivity contribution in [3.63, 3.8) is 0 Å². The highest BCUT2D eigenvalue weighted by Crippen LogP contribution is 2.26. The average molecular weight is 355 g/mol. The first-order valence-electron chi connectivity index (χ1n) is 7.61. The number of hydrogen-bond donors (Lipinski definition) is 1. The molecule has 0 radical (unpaired) electrons. The summed E-state index contributed by atoms with van der Waals surface area (Å²) in [5.41, 5.74) is 6.22. The van der Waals surface area contributed by atoms with Gasteiger partial charge in [-0.05, 0) is 6.07 Å². The number of hydrogen-bond acceptors (Lipinski definition) is 3. The number of para-hydroxylation sites is 1. The van der Waals surface area contributed by atoms with Crippen molar-refractivity contribution < 1.29 is 27.5 Å². The number of morpholine rings is 1. The molecule has 0 spiro atoms. The maximum Gasteiger partial charge on any atom is 0.416 e. The number of halogens is 3. The Balaban J connectivity index is 1.82. The van der Waals surface area contributed by atoms with E-state index >= 15 is 0 Å². The Morgan fingerprint density at radius 1 is 1.28 bits per heavy atom. The van der Waals surface area contributed by atoms with Gasteiger partial charge in [0, 0.05) is 23.6 Å². The maximum absolute atomic E-state index is 12.8.